The van der Waals surface area contributed by atoms with E-state index in [1.165, 1.54) is 110 Å². The van der Waals surface area contributed by atoms with Crippen LogP contribution in [0.5, 0.6) is 0 Å². The molecule has 0 heterocycles. The Morgan fingerprint density at radius 1 is 0.468 bits per heavy atom. The molecule has 0 aromatic carbocycles. The van der Waals surface area contributed by atoms with Gasteiger partial charge in [0, 0.05) is 12.8 Å². The Bertz CT molecular complexity index is 746. The highest BCUT2D eigenvalue weighted by atomic mass is 16.6. The van der Waals surface area contributed by atoms with Gasteiger partial charge in [-0.1, -0.05) is 141 Å². The fraction of sp³-hybridized carbons (Fsp3) is 0.829. The van der Waals surface area contributed by atoms with Gasteiger partial charge in [0.1, 0.15) is 18.6 Å². The van der Waals surface area contributed by atoms with Crippen molar-refractivity contribution in [2.24, 2.45) is 5.41 Å². The summed E-state index contributed by atoms with van der Waals surface area (Å²) in [6, 6.07) is 0. The molecule has 274 valence electrons. The van der Waals surface area contributed by atoms with Crippen molar-refractivity contribution in [3.8, 4) is 0 Å². The first-order valence-electron chi connectivity index (χ1n) is 19.7. The van der Waals surface area contributed by atoms with Crippen molar-refractivity contribution in [3.63, 3.8) is 0 Å². The molecule has 0 radical (unpaired) electrons. The van der Waals surface area contributed by atoms with Crippen LogP contribution in [-0.4, -0.2) is 36.2 Å². The zero-order chi connectivity index (χ0) is 34.7. The first-order valence-corrected chi connectivity index (χ1v) is 19.7. The molecule has 0 aromatic heterocycles. The Labute approximate surface area is 289 Å². The summed E-state index contributed by atoms with van der Waals surface area (Å²) in [4.78, 5) is 36.3. The van der Waals surface area contributed by atoms with Crippen molar-refractivity contribution in [1.29, 1.82) is 0 Å². The van der Waals surface area contributed by atoms with E-state index in [0.29, 0.717) is 0 Å². The molecule has 0 aromatic rings. The Balaban J connectivity index is 3.81. The highest BCUT2D eigenvalue weighted by molar-refractivity contribution is 5.76. The second kappa shape index (κ2) is 33.8. The lowest BCUT2D eigenvalue weighted by Crippen LogP contribution is -2.39. The number of carbonyl (C=O) groups is 3. The van der Waals surface area contributed by atoms with Crippen molar-refractivity contribution < 1.29 is 29.0 Å². The van der Waals surface area contributed by atoms with Gasteiger partial charge in [0.15, 0.2) is 0 Å². The average molecular weight is 663 g/mol. The van der Waals surface area contributed by atoms with E-state index in [0.717, 1.165) is 64.2 Å². The fourth-order valence-electron chi connectivity index (χ4n) is 5.47. The van der Waals surface area contributed by atoms with Crippen LogP contribution in [0.2, 0.25) is 0 Å². The van der Waals surface area contributed by atoms with Gasteiger partial charge in [-0.05, 0) is 71.1 Å². The van der Waals surface area contributed by atoms with Gasteiger partial charge in [0.05, 0.1) is 0 Å². The largest absolute Gasteiger partial charge is 0.481 e. The minimum absolute atomic E-state index is 0.281. The van der Waals surface area contributed by atoms with Gasteiger partial charge in [-0.25, -0.2) is 0 Å². The van der Waals surface area contributed by atoms with Crippen LogP contribution in [0.3, 0.4) is 0 Å². The molecule has 47 heavy (non-hydrogen) atoms. The molecule has 0 fully saturated rings. The third-order valence-corrected chi connectivity index (χ3v) is 8.91. The van der Waals surface area contributed by atoms with Gasteiger partial charge in [0.2, 0.25) is 0 Å². The van der Waals surface area contributed by atoms with Gasteiger partial charge in [-0.2, -0.15) is 0 Å². The molecule has 1 N–H and O–H groups in total. The number of unbranched alkanes of at least 4 members (excludes halogenated alkanes) is 22. The number of aliphatic carboxylic acids is 1. The lowest BCUT2D eigenvalue weighted by Gasteiger charge is -2.24. The van der Waals surface area contributed by atoms with Gasteiger partial charge in [-0.3, -0.25) is 14.4 Å². The lowest BCUT2D eigenvalue weighted by atomic mass is 9.93. The summed E-state index contributed by atoms with van der Waals surface area (Å²) in [6.07, 6.45) is 40.7. The number of allylic oxidation sites excluding steroid dienone is 4. The predicted molar refractivity (Wildman–Crippen MR) is 197 cm³/mol. The van der Waals surface area contributed by atoms with Crippen molar-refractivity contribution in [2.45, 2.75) is 201 Å². The minimum atomic E-state index is -1.45. The zero-order valence-electron chi connectivity index (χ0n) is 31.0. The second-order valence-corrected chi connectivity index (χ2v) is 13.9. The van der Waals surface area contributed by atoms with E-state index in [4.69, 9.17) is 9.47 Å². The Morgan fingerprint density at radius 2 is 0.745 bits per heavy atom. The quantitative estimate of drug-likeness (QED) is 0.0412. The maximum Gasteiger partial charge on any atom is 0.316 e. The third kappa shape index (κ3) is 30.9. The van der Waals surface area contributed by atoms with Crippen LogP contribution in [0.15, 0.2) is 24.3 Å². The van der Waals surface area contributed by atoms with Crippen molar-refractivity contribution in [2.75, 3.05) is 13.2 Å². The standard InChI is InChI=1S/C41H74O6/c1-4-6-8-10-12-14-16-18-20-22-24-26-28-30-32-34-38(42)46-36-41(3,40(44)45)37-47-39(43)35-33-31-29-27-25-23-21-19-17-15-13-11-9-7-5-2/h18-21H,4-17,22-37H2,1-3H3,(H,44,45)/b20-18-,21-19-. The van der Waals surface area contributed by atoms with Gasteiger partial charge < -0.3 is 14.6 Å². The lowest BCUT2D eigenvalue weighted by molar-refractivity contribution is -0.165. The molecule has 0 amide bonds. The zero-order valence-corrected chi connectivity index (χ0v) is 31.0. The number of hydrogen-bond donors (Lipinski definition) is 1. The van der Waals surface area contributed by atoms with E-state index in [-0.39, 0.29) is 26.1 Å². The molecule has 0 aliphatic rings. The third-order valence-electron chi connectivity index (χ3n) is 8.91. The van der Waals surface area contributed by atoms with Crippen molar-refractivity contribution >= 4 is 17.9 Å². The molecule has 0 saturated heterocycles. The van der Waals surface area contributed by atoms with E-state index in [9.17, 15) is 19.5 Å². The monoisotopic (exact) mass is 663 g/mol. The number of rotatable bonds is 35. The molecule has 0 atom stereocenters. The van der Waals surface area contributed by atoms with Crippen LogP contribution >= 0.6 is 0 Å². The first kappa shape index (κ1) is 44.9. The van der Waals surface area contributed by atoms with E-state index >= 15 is 0 Å². The summed E-state index contributed by atoms with van der Waals surface area (Å²) in [5.74, 6) is -1.93. The van der Waals surface area contributed by atoms with E-state index in [1.807, 2.05) is 0 Å². The maximum atomic E-state index is 12.2. The molecule has 0 bridgehead atoms. The highest BCUT2D eigenvalue weighted by Gasteiger charge is 2.36. The normalized spacial score (nSPS) is 11.9. The molecule has 6 heteroatoms. The van der Waals surface area contributed by atoms with Gasteiger partial charge in [-0.15, -0.1) is 0 Å². The number of carbonyl (C=O) groups excluding carboxylic acids is 2. The number of ether oxygens (including phenoxy) is 2. The molecule has 0 rings (SSSR count). The van der Waals surface area contributed by atoms with Crippen LogP contribution in [0.1, 0.15) is 201 Å². The van der Waals surface area contributed by atoms with Crippen LogP contribution in [0.25, 0.3) is 0 Å². The first-order chi connectivity index (χ1) is 22.9. The van der Waals surface area contributed by atoms with Crippen LogP contribution in [-0.2, 0) is 23.9 Å². The summed E-state index contributed by atoms with van der Waals surface area (Å²) in [6.45, 7) is 5.36. The van der Waals surface area contributed by atoms with Gasteiger partial charge in [0.25, 0.3) is 0 Å². The van der Waals surface area contributed by atoms with Gasteiger partial charge >= 0.3 is 17.9 Å². The number of carboxylic acid groups (broad SMARTS) is 1. The van der Waals surface area contributed by atoms with Crippen LogP contribution in [0.4, 0.5) is 0 Å². The number of carboxylic acids is 1. The summed E-state index contributed by atoms with van der Waals surface area (Å²) in [5.41, 5.74) is -1.45. The molecule has 0 spiro atoms. The smallest absolute Gasteiger partial charge is 0.316 e. The summed E-state index contributed by atoms with van der Waals surface area (Å²) in [7, 11) is 0. The second-order valence-electron chi connectivity index (χ2n) is 13.9. The highest BCUT2D eigenvalue weighted by Crippen LogP contribution is 2.20. The molecular formula is C41H74O6. The molecule has 0 saturated carbocycles. The SMILES string of the molecule is CCCCCCCC/C=C\CCCCCCCC(=O)OCC(C)(COC(=O)CCCCCCC/C=C\CCCCCCCC)C(=O)O. The van der Waals surface area contributed by atoms with E-state index in [2.05, 4.69) is 38.2 Å². The number of esters is 2. The molecule has 0 unspecified atom stereocenters. The predicted octanol–water partition coefficient (Wildman–Crippen LogP) is 12.2. The molecule has 0 aliphatic carbocycles. The van der Waals surface area contributed by atoms with Crippen LogP contribution in [0, 0.1) is 5.41 Å². The Kier molecular flexibility index (Phi) is 32.3. The van der Waals surface area contributed by atoms with E-state index in [1.54, 1.807) is 0 Å². The van der Waals surface area contributed by atoms with Crippen molar-refractivity contribution in [3.05, 3.63) is 24.3 Å². The maximum absolute atomic E-state index is 12.2. The molecule has 0 aliphatic heterocycles. The Morgan fingerprint density at radius 3 is 1.04 bits per heavy atom. The average Bonchev–Trinajstić information content (AvgIpc) is 3.06. The minimum Gasteiger partial charge on any atom is -0.481 e. The number of hydrogen-bond acceptors (Lipinski definition) is 5. The summed E-state index contributed by atoms with van der Waals surface area (Å²) >= 11 is 0. The molecule has 6 nitrogen and oxygen atoms in total. The Hall–Kier alpha value is -2.11. The van der Waals surface area contributed by atoms with Crippen LogP contribution < -0.4 is 0 Å². The molecular weight excluding hydrogens is 588 g/mol. The summed E-state index contributed by atoms with van der Waals surface area (Å²) < 4.78 is 10.6. The summed E-state index contributed by atoms with van der Waals surface area (Å²) in [5, 5.41) is 9.70. The topological polar surface area (TPSA) is 89.9 Å². The fourth-order valence-corrected chi connectivity index (χ4v) is 5.47. The van der Waals surface area contributed by atoms with Crippen molar-refractivity contribution in [1.82, 2.24) is 0 Å². The van der Waals surface area contributed by atoms with E-state index < -0.39 is 23.3 Å².